The van der Waals surface area contributed by atoms with Crippen molar-refractivity contribution in [2.45, 2.75) is 64.9 Å². The molecule has 1 N–H and O–H groups in total. The van der Waals surface area contributed by atoms with Crippen LogP contribution in [0.4, 0.5) is 0 Å². The fourth-order valence-corrected chi connectivity index (χ4v) is 3.81. The van der Waals surface area contributed by atoms with Gasteiger partial charge in [-0.25, -0.2) is 0 Å². The molecule has 1 amide bonds. The highest BCUT2D eigenvalue weighted by Crippen LogP contribution is 2.45. The first-order valence-corrected chi connectivity index (χ1v) is 7.51. The smallest absolute Gasteiger partial charge is 0.228 e. The third kappa shape index (κ3) is 2.87. The van der Waals surface area contributed by atoms with E-state index >= 15 is 0 Å². The maximum atomic E-state index is 12.8. The van der Waals surface area contributed by atoms with Crippen molar-refractivity contribution >= 4 is 5.91 Å². The zero-order chi connectivity index (χ0) is 13.2. The molecule has 1 saturated heterocycles. The van der Waals surface area contributed by atoms with E-state index in [4.69, 9.17) is 0 Å². The van der Waals surface area contributed by atoms with Gasteiger partial charge in [-0.2, -0.15) is 0 Å². The van der Waals surface area contributed by atoms with Crippen molar-refractivity contribution in [2.24, 2.45) is 11.3 Å². The van der Waals surface area contributed by atoms with Crippen LogP contribution in [0.2, 0.25) is 0 Å². The van der Waals surface area contributed by atoms with Crippen molar-refractivity contribution in [3.8, 4) is 0 Å². The molecule has 0 aromatic carbocycles. The molecule has 1 saturated carbocycles. The minimum absolute atomic E-state index is 0.106. The molecule has 1 aliphatic carbocycles. The van der Waals surface area contributed by atoms with Crippen molar-refractivity contribution in [1.29, 1.82) is 0 Å². The first-order chi connectivity index (χ1) is 8.53. The van der Waals surface area contributed by atoms with E-state index in [-0.39, 0.29) is 11.5 Å². The molecule has 1 atom stereocenters. The van der Waals surface area contributed by atoms with Gasteiger partial charge in [0, 0.05) is 18.5 Å². The second kappa shape index (κ2) is 5.60. The van der Waals surface area contributed by atoms with Gasteiger partial charge in [-0.1, -0.05) is 26.7 Å². The van der Waals surface area contributed by atoms with E-state index in [1.807, 2.05) is 4.90 Å². The predicted molar refractivity (Wildman–Crippen MR) is 72.2 cm³/mol. The fourth-order valence-electron chi connectivity index (χ4n) is 3.81. The molecule has 0 aromatic rings. The van der Waals surface area contributed by atoms with E-state index in [2.05, 4.69) is 13.8 Å². The lowest BCUT2D eigenvalue weighted by Crippen LogP contribution is -2.49. The maximum Gasteiger partial charge on any atom is 0.228 e. The number of hydrogen-bond acceptors (Lipinski definition) is 2. The molecule has 0 aromatic heterocycles. The SMILES string of the molecule is CC(C)CC1(C(=O)N2CCC[C@H](O)C2)CCCC1. The zero-order valence-corrected chi connectivity index (χ0v) is 11.8. The first kappa shape index (κ1) is 13.9. The van der Waals surface area contributed by atoms with Crippen LogP contribution >= 0.6 is 0 Å². The van der Waals surface area contributed by atoms with Gasteiger partial charge in [-0.3, -0.25) is 4.79 Å². The van der Waals surface area contributed by atoms with Crippen molar-refractivity contribution in [3.05, 3.63) is 0 Å². The van der Waals surface area contributed by atoms with Crippen molar-refractivity contribution in [3.63, 3.8) is 0 Å². The molecule has 2 fully saturated rings. The van der Waals surface area contributed by atoms with Crippen molar-refractivity contribution in [1.82, 2.24) is 4.90 Å². The lowest BCUT2D eigenvalue weighted by atomic mass is 9.77. The summed E-state index contributed by atoms with van der Waals surface area (Å²) in [5.41, 5.74) is -0.106. The Bertz CT molecular complexity index is 295. The first-order valence-electron chi connectivity index (χ1n) is 7.51. The number of hydrogen-bond donors (Lipinski definition) is 1. The summed E-state index contributed by atoms with van der Waals surface area (Å²) in [6, 6.07) is 0. The average molecular weight is 253 g/mol. The molecule has 0 unspecified atom stereocenters. The minimum atomic E-state index is -0.305. The number of aliphatic hydroxyl groups is 1. The van der Waals surface area contributed by atoms with Gasteiger partial charge in [0.2, 0.25) is 5.91 Å². The van der Waals surface area contributed by atoms with Crippen molar-refractivity contribution < 1.29 is 9.90 Å². The van der Waals surface area contributed by atoms with E-state index in [0.717, 1.165) is 38.6 Å². The fraction of sp³-hybridized carbons (Fsp3) is 0.933. The Morgan fingerprint density at radius 1 is 1.33 bits per heavy atom. The van der Waals surface area contributed by atoms with Gasteiger partial charge in [0.1, 0.15) is 0 Å². The molecular weight excluding hydrogens is 226 g/mol. The molecule has 1 heterocycles. The molecular formula is C15H27NO2. The Morgan fingerprint density at radius 2 is 2.00 bits per heavy atom. The summed E-state index contributed by atoms with van der Waals surface area (Å²) in [6.45, 7) is 5.81. The lowest BCUT2D eigenvalue weighted by molar-refractivity contribution is -0.146. The number of piperidine rings is 1. The Kier molecular flexibility index (Phi) is 4.31. The molecule has 3 nitrogen and oxygen atoms in total. The average Bonchev–Trinajstić information content (AvgIpc) is 2.77. The van der Waals surface area contributed by atoms with Crippen LogP contribution in [0.1, 0.15) is 58.8 Å². The highest BCUT2D eigenvalue weighted by molar-refractivity contribution is 5.83. The molecule has 2 aliphatic rings. The number of nitrogens with zero attached hydrogens (tertiary/aromatic N) is 1. The third-order valence-corrected chi connectivity index (χ3v) is 4.50. The van der Waals surface area contributed by atoms with Gasteiger partial charge < -0.3 is 10.0 Å². The Labute approximate surface area is 111 Å². The normalized spacial score (nSPS) is 27.8. The van der Waals surface area contributed by atoms with Crippen LogP contribution in [0, 0.1) is 11.3 Å². The number of carbonyl (C=O) groups is 1. The number of rotatable bonds is 3. The number of likely N-dealkylation sites (tertiary alicyclic amines) is 1. The van der Waals surface area contributed by atoms with Gasteiger partial charge in [0.25, 0.3) is 0 Å². The Morgan fingerprint density at radius 3 is 2.56 bits per heavy atom. The van der Waals surface area contributed by atoms with Gasteiger partial charge in [0.05, 0.1) is 6.10 Å². The van der Waals surface area contributed by atoms with Crippen LogP contribution < -0.4 is 0 Å². The van der Waals surface area contributed by atoms with Crippen LogP contribution in [0.5, 0.6) is 0 Å². The topological polar surface area (TPSA) is 40.5 Å². The van der Waals surface area contributed by atoms with Crippen LogP contribution in [0.25, 0.3) is 0 Å². The quantitative estimate of drug-likeness (QED) is 0.840. The summed E-state index contributed by atoms with van der Waals surface area (Å²) in [7, 11) is 0. The molecule has 0 radical (unpaired) electrons. The van der Waals surface area contributed by atoms with E-state index < -0.39 is 0 Å². The summed E-state index contributed by atoms with van der Waals surface area (Å²) in [4.78, 5) is 14.8. The van der Waals surface area contributed by atoms with Gasteiger partial charge in [-0.15, -0.1) is 0 Å². The molecule has 18 heavy (non-hydrogen) atoms. The summed E-state index contributed by atoms with van der Waals surface area (Å²) in [5, 5.41) is 9.74. The highest BCUT2D eigenvalue weighted by atomic mass is 16.3. The van der Waals surface area contributed by atoms with E-state index in [0.29, 0.717) is 18.4 Å². The van der Waals surface area contributed by atoms with Gasteiger partial charge in [0.15, 0.2) is 0 Å². The second-order valence-corrected chi connectivity index (χ2v) is 6.63. The van der Waals surface area contributed by atoms with Crippen LogP contribution in [-0.4, -0.2) is 35.1 Å². The van der Waals surface area contributed by atoms with E-state index in [1.54, 1.807) is 0 Å². The predicted octanol–water partition coefficient (Wildman–Crippen LogP) is 2.58. The summed E-state index contributed by atoms with van der Waals surface area (Å²) in [5.74, 6) is 0.897. The number of carbonyl (C=O) groups excluding carboxylic acids is 1. The Hall–Kier alpha value is -0.570. The summed E-state index contributed by atoms with van der Waals surface area (Å²) < 4.78 is 0. The highest BCUT2D eigenvalue weighted by Gasteiger charge is 2.44. The Balaban J connectivity index is 2.08. The summed E-state index contributed by atoms with van der Waals surface area (Å²) >= 11 is 0. The number of amides is 1. The van der Waals surface area contributed by atoms with Gasteiger partial charge in [-0.05, 0) is 38.0 Å². The third-order valence-electron chi connectivity index (χ3n) is 4.50. The zero-order valence-electron chi connectivity index (χ0n) is 11.8. The minimum Gasteiger partial charge on any atom is -0.391 e. The molecule has 0 bridgehead atoms. The lowest BCUT2D eigenvalue weighted by Gasteiger charge is -2.38. The van der Waals surface area contributed by atoms with Crippen LogP contribution in [0.15, 0.2) is 0 Å². The van der Waals surface area contributed by atoms with Crippen LogP contribution in [0.3, 0.4) is 0 Å². The molecule has 3 heteroatoms. The molecule has 0 spiro atoms. The number of aliphatic hydroxyl groups excluding tert-OH is 1. The monoisotopic (exact) mass is 253 g/mol. The molecule has 104 valence electrons. The van der Waals surface area contributed by atoms with Gasteiger partial charge >= 0.3 is 0 Å². The molecule has 1 aliphatic heterocycles. The van der Waals surface area contributed by atoms with E-state index in [9.17, 15) is 9.90 Å². The second-order valence-electron chi connectivity index (χ2n) is 6.63. The van der Waals surface area contributed by atoms with Crippen LogP contribution in [-0.2, 0) is 4.79 Å². The van der Waals surface area contributed by atoms with E-state index in [1.165, 1.54) is 12.8 Å². The standard InChI is InChI=1S/C15H27NO2/c1-12(2)10-15(7-3-4-8-15)14(18)16-9-5-6-13(17)11-16/h12-13,17H,3-11H2,1-2H3/t13-/m0/s1. The maximum absolute atomic E-state index is 12.8. The largest absolute Gasteiger partial charge is 0.391 e. The number of β-amino-alcohol motifs (C(OH)–C–C–N with tert-alkyl or cyclic N) is 1. The molecule has 2 rings (SSSR count). The summed E-state index contributed by atoms with van der Waals surface area (Å²) in [6.07, 6.45) is 6.99. The van der Waals surface area contributed by atoms with Crippen molar-refractivity contribution in [2.75, 3.05) is 13.1 Å².